The van der Waals surface area contributed by atoms with E-state index in [1.54, 1.807) is 6.20 Å². The van der Waals surface area contributed by atoms with Crippen molar-refractivity contribution in [3.63, 3.8) is 0 Å². The number of anilines is 1. The van der Waals surface area contributed by atoms with Gasteiger partial charge in [-0.2, -0.15) is 0 Å². The Morgan fingerprint density at radius 3 is 2.79 bits per heavy atom. The smallest absolute Gasteiger partial charge is 0.274 e. The summed E-state index contributed by atoms with van der Waals surface area (Å²) < 4.78 is 13.3. The van der Waals surface area contributed by atoms with Crippen molar-refractivity contribution < 1.29 is 9.31 Å². The Labute approximate surface area is 113 Å². The SMILES string of the molecule is Cc1cnc(C(C)Nc2cc(F)cc([N+](=O)[O-])c2)s1. The molecule has 2 aromatic rings. The molecule has 2 rings (SSSR count). The molecule has 0 fully saturated rings. The van der Waals surface area contributed by atoms with Crippen molar-refractivity contribution in [2.75, 3.05) is 5.32 Å². The molecule has 0 aliphatic heterocycles. The van der Waals surface area contributed by atoms with Crippen molar-refractivity contribution >= 4 is 22.7 Å². The summed E-state index contributed by atoms with van der Waals surface area (Å²) in [6.07, 6.45) is 1.76. The molecular weight excluding hydrogens is 269 g/mol. The van der Waals surface area contributed by atoms with Crippen LogP contribution in [0.15, 0.2) is 24.4 Å². The van der Waals surface area contributed by atoms with Crippen molar-refractivity contribution in [3.05, 3.63) is 50.2 Å². The van der Waals surface area contributed by atoms with Crippen molar-refractivity contribution in [1.29, 1.82) is 0 Å². The molecule has 19 heavy (non-hydrogen) atoms. The Hall–Kier alpha value is -2.02. The van der Waals surface area contributed by atoms with Crippen LogP contribution < -0.4 is 5.32 Å². The highest BCUT2D eigenvalue weighted by atomic mass is 32.1. The van der Waals surface area contributed by atoms with Crippen LogP contribution in [0.5, 0.6) is 0 Å². The number of nitro groups is 1. The molecule has 0 aliphatic carbocycles. The maximum atomic E-state index is 13.3. The molecule has 100 valence electrons. The fourth-order valence-corrected chi connectivity index (χ4v) is 2.42. The summed E-state index contributed by atoms with van der Waals surface area (Å²) in [4.78, 5) is 15.3. The number of nitro benzene ring substituents is 1. The number of aryl methyl sites for hydroxylation is 1. The van der Waals surface area contributed by atoms with E-state index in [1.165, 1.54) is 23.5 Å². The first-order valence-electron chi connectivity index (χ1n) is 5.59. The number of nitrogens with one attached hydrogen (secondary N) is 1. The lowest BCUT2D eigenvalue weighted by Gasteiger charge is -2.12. The quantitative estimate of drug-likeness (QED) is 0.685. The first kappa shape index (κ1) is 13.4. The third-order valence-corrected chi connectivity index (χ3v) is 3.58. The van der Waals surface area contributed by atoms with Gasteiger partial charge in [0, 0.05) is 22.8 Å². The number of rotatable bonds is 4. The molecule has 7 heteroatoms. The van der Waals surface area contributed by atoms with Crippen LogP contribution in [0.4, 0.5) is 15.8 Å². The monoisotopic (exact) mass is 281 g/mol. The van der Waals surface area contributed by atoms with Gasteiger partial charge in [-0.05, 0) is 19.9 Å². The molecule has 1 unspecified atom stereocenters. The number of nitrogens with zero attached hydrogens (tertiary/aromatic N) is 2. The second kappa shape index (κ2) is 5.31. The number of aromatic nitrogens is 1. The molecule has 5 nitrogen and oxygen atoms in total. The maximum Gasteiger partial charge on any atom is 0.274 e. The summed E-state index contributed by atoms with van der Waals surface area (Å²) in [6.45, 7) is 3.82. The first-order valence-corrected chi connectivity index (χ1v) is 6.41. The molecule has 1 heterocycles. The number of halogens is 1. The molecule has 1 aromatic carbocycles. The predicted octanol–water partition coefficient (Wildman–Crippen LogP) is 3.67. The van der Waals surface area contributed by atoms with Crippen LogP contribution in [0.1, 0.15) is 22.9 Å². The normalized spacial score (nSPS) is 12.2. The minimum atomic E-state index is -0.640. The van der Waals surface area contributed by atoms with E-state index < -0.39 is 10.7 Å². The lowest BCUT2D eigenvalue weighted by molar-refractivity contribution is -0.385. The topological polar surface area (TPSA) is 68.1 Å². The zero-order valence-electron chi connectivity index (χ0n) is 10.4. The molecule has 0 amide bonds. The van der Waals surface area contributed by atoms with Gasteiger partial charge in [0.2, 0.25) is 0 Å². The summed E-state index contributed by atoms with van der Waals surface area (Å²) >= 11 is 1.53. The van der Waals surface area contributed by atoms with Crippen molar-refractivity contribution in [3.8, 4) is 0 Å². The molecular formula is C12H12FN3O2S. The number of benzene rings is 1. The summed E-state index contributed by atoms with van der Waals surface area (Å²) in [5.41, 5.74) is 0.0945. The second-order valence-corrected chi connectivity index (χ2v) is 5.40. The summed E-state index contributed by atoms with van der Waals surface area (Å²) in [5.74, 6) is -0.640. The molecule has 0 aliphatic rings. The number of thiazole rings is 1. The van der Waals surface area contributed by atoms with Crippen LogP contribution in [-0.4, -0.2) is 9.91 Å². The van der Waals surface area contributed by atoms with Gasteiger partial charge in [0.15, 0.2) is 0 Å². The lowest BCUT2D eigenvalue weighted by Crippen LogP contribution is -2.06. The van der Waals surface area contributed by atoms with Gasteiger partial charge >= 0.3 is 0 Å². The highest BCUT2D eigenvalue weighted by molar-refractivity contribution is 7.11. The molecule has 1 atom stereocenters. The number of hydrogen-bond acceptors (Lipinski definition) is 5. The van der Waals surface area contributed by atoms with Gasteiger partial charge in [-0.25, -0.2) is 9.37 Å². The number of non-ortho nitro benzene ring substituents is 1. The minimum Gasteiger partial charge on any atom is -0.376 e. The maximum absolute atomic E-state index is 13.3. The minimum absolute atomic E-state index is 0.139. The lowest BCUT2D eigenvalue weighted by atomic mass is 10.2. The third-order valence-electron chi connectivity index (χ3n) is 2.49. The molecule has 0 radical (unpaired) electrons. The van der Waals surface area contributed by atoms with E-state index >= 15 is 0 Å². The van der Waals surface area contributed by atoms with Crippen LogP contribution in [0.3, 0.4) is 0 Å². The van der Waals surface area contributed by atoms with E-state index in [1.807, 2.05) is 13.8 Å². The van der Waals surface area contributed by atoms with Gasteiger partial charge in [0.1, 0.15) is 10.8 Å². The Bertz CT molecular complexity index is 615. The van der Waals surface area contributed by atoms with Crippen molar-refractivity contribution in [1.82, 2.24) is 4.98 Å². The van der Waals surface area contributed by atoms with Gasteiger partial charge in [0.25, 0.3) is 5.69 Å². The van der Waals surface area contributed by atoms with Gasteiger partial charge in [-0.15, -0.1) is 11.3 Å². The van der Waals surface area contributed by atoms with E-state index in [2.05, 4.69) is 10.3 Å². The van der Waals surface area contributed by atoms with Crippen molar-refractivity contribution in [2.24, 2.45) is 0 Å². The molecule has 1 N–H and O–H groups in total. The van der Waals surface area contributed by atoms with E-state index in [9.17, 15) is 14.5 Å². The van der Waals surface area contributed by atoms with Gasteiger partial charge in [-0.3, -0.25) is 10.1 Å². The molecule has 0 saturated carbocycles. The molecule has 1 aromatic heterocycles. The van der Waals surface area contributed by atoms with E-state index in [0.29, 0.717) is 5.69 Å². The van der Waals surface area contributed by atoms with Crippen molar-refractivity contribution in [2.45, 2.75) is 19.9 Å². The zero-order valence-corrected chi connectivity index (χ0v) is 11.2. The average Bonchev–Trinajstić information content (AvgIpc) is 2.75. The Balaban J connectivity index is 2.21. The first-order chi connectivity index (χ1) is 8.95. The Morgan fingerprint density at radius 2 is 2.21 bits per heavy atom. The van der Waals surface area contributed by atoms with Gasteiger partial charge < -0.3 is 5.32 Å². The zero-order chi connectivity index (χ0) is 14.0. The third kappa shape index (κ3) is 3.25. The van der Waals surface area contributed by atoms with Gasteiger partial charge in [-0.1, -0.05) is 0 Å². The fraction of sp³-hybridized carbons (Fsp3) is 0.250. The summed E-state index contributed by atoms with van der Waals surface area (Å²) in [6, 6.07) is 3.29. The highest BCUT2D eigenvalue weighted by Crippen LogP contribution is 2.26. The summed E-state index contributed by atoms with van der Waals surface area (Å²) in [7, 11) is 0. The standard InChI is InChI=1S/C12H12FN3O2S/c1-7-6-14-12(19-7)8(2)15-10-3-9(13)4-11(5-10)16(17)18/h3-6,8,15H,1-2H3. The molecule has 0 saturated heterocycles. The highest BCUT2D eigenvalue weighted by Gasteiger charge is 2.13. The average molecular weight is 281 g/mol. The van der Waals surface area contributed by atoms with E-state index in [4.69, 9.17) is 0 Å². The molecule has 0 bridgehead atoms. The fourth-order valence-electron chi connectivity index (χ4n) is 1.65. The van der Waals surface area contributed by atoms with E-state index in [0.717, 1.165) is 16.0 Å². The van der Waals surface area contributed by atoms with Crippen LogP contribution in [0, 0.1) is 22.9 Å². The largest absolute Gasteiger partial charge is 0.376 e. The van der Waals surface area contributed by atoms with Crippen LogP contribution in [-0.2, 0) is 0 Å². The molecule has 0 spiro atoms. The van der Waals surface area contributed by atoms with Crippen LogP contribution >= 0.6 is 11.3 Å². The Kier molecular flexibility index (Phi) is 3.75. The predicted molar refractivity (Wildman–Crippen MR) is 71.9 cm³/mol. The van der Waals surface area contributed by atoms with E-state index in [-0.39, 0.29) is 11.7 Å². The van der Waals surface area contributed by atoms with Gasteiger partial charge in [0.05, 0.1) is 17.0 Å². The number of hydrogen-bond donors (Lipinski definition) is 1. The van der Waals surface area contributed by atoms with Crippen LogP contribution in [0.25, 0.3) is 0 Å². The van der Waals surface area contributed by atoms with Crippen LogP contribution in [0.2, 0.25) is 0 Å². The second-order valence-electron chi connectivity index (χ2n) is 4.13. The Morgan fingerprint density at radius 1 is 1.47 bits per heavy atom. The summed E-state index contributed by atoms with van der Waals surface area (Å²) in [5, 5.41) is 14.5.